The van der Waals surface area contributed by atoms with E-state index in [1.165, 1.54) is 24.3 Å². The lowest BCUT2D eigenvalue weighted by Crippen LogP contribution is -2.41. The molecule has 8 nitrogen and oxygen atoms in total. The maximum atomic E-state index is 12.3. The van der Waals surface area contributed by atoms with Crippen LogP contribution in [0.4, 0.5) is 0 Å². The fourth-order valence-corrected chi connectivity index (χ4v) is 3.58. The molecular weight excluding hydrogens is 366 g/mol. The number of amides is 1. The predicted octanol–water partition coefficient (Wildman–Crippen LogP) is 1.86. The van der Waals surface area contributed by atoms with Gasteiger partial charge in [0.05, 0.1) is 27.6 Å². The third-order valence-corrected chi connectivity index (χ3v) is 5.37. The number of hydrazine groups is 1. The Morgan fingerprint density at radius 1 is 1.22 bits per heavy atom. The minimum atomic E-state index is -3.95. The number of nitriles is 1. The molecule has 1 aromatic heterocycles. The summed E-state index contributed by atoms with van der Waals surface area (Å²) in [4.78, 5) is 18.7. The zero-order valence-corrected chi connectivity index (χ0v) is 15.5. The van der Waals surface area contributed by atoms with E-state index in [2.05, 4.69) is 15.2 Å². The molecule has 0 atom stereocenters. The number of fused-ring (bicyclic) bond motifs is 1. The van der Waals surface area contributed by atoms with Crippen LogP contribution in [0.2, 0.25) is 0 Å². The van der Waals surface area contributed by atoms with E-state index < -0.39 is 15.9 Å². The highest BCUT2D eigenvalue weighted by Crippen LogP contribution is 2.17. The number of imidazole rings is 1. The molecule has 0 saturated carbocycles. The third kappa shape index (κ3) is 3.67. The summed E-state index contributed by atoms with van der Waals surface area (Å²) in [6.45, 7) is 4.65. The number of aromatic nitrogens is 2. The van der Waals surface area contributed by atoms with Crippen LogP contribution in [0, 0.1) is 18.3 Å². The lowest BCUT2D eigenvalue weighted by molar-refractivity contribution is 0.0945. The van der Waals surface area contributed by atoms with Crippen molar-refractivity contribution in [2.24, 2.45) is 0 Å². The van der Waals surface area contributed by atoms with E-state index in [9.17, 15) is 13.2 Å². The van der Waals surface area contributed by atoms with Crippen molar-refractivity contribution in [1.82, 2.24) is 19.8 Å². The van der Waals surface area contributed by atoms with Crippen molar-refractivity contribution < 1.29 is 13.2 Å². The minimum Gasteiger partial charge on any atom is -0.329 e. The van der Waals surface area contributed by atoms with Gasteiger partial charge in [0.25, 0.3) is 15.9 Å². The van der Waals surface area contributed by atoms with Crippen LogP contribution in [0.1, 0.15) is 28.7 Å². The van der Waals surface area contributed by atoms with Gasteiger partial charge in [-0.1, -0.05) is 0 Å². The summed E-state index contributed by atoms with van der Waals surface area (Å²) in [6.07, 6.45) is 0. The van der Waals surface area contributed by atoms with Crippen LogP contribution in [0.5, 0.6) is 0 Å². The molecule has 3 rings (SSSR count). The van der Waals surface area contributed by atoms with Crippen LogP contribution < -0.4 is 10.3 Å². The van der Waals surface area contributed by atoms with E-state index in [1.807, 2.05) is 24.5 Å². The van der Waals surface area contributed by atoms with E-state index in [0.717, 1.165) is 17.9 Å². The Labute approximate surface area is 156 Å². The van der Waals surface area contributed by atoms with Crippen LogP contribution in [0.25, 0.3) is 11.0 Å². The summed E-state index contributed by atoms with van der Waals surface area (Å²) in [7, 11) is -3.95. The Morgan fingerprint density at radius 2 is 1.93 bits per heavy atom. The number of hydrogen-bond acceptors (Lipinski definition) is 5. The van der Waals surface area contributed by atoms with E-state index in [1.54, 1.807) is 18.2 Å². The van der Waals surface area contributed by atoms with E-state index in [-0.39, 0.29) is 10.5 Å². The summed E-state index contributed by atoms with van der Waals surface area (Å²) in [6, 6.07) is 12.3. The highest BCUT2D eigenvalue weighted by molar-refractivity contribution is 7.89. The first-order chi connectivity index (χ1) is 12.9. The molecule has 0 unspecified atom stereocenters. The number of nitrogens with zero attached hydrogens (tertiary/aromatic N) is 3. The predicted molar refractivity (Wildman–Crippen MR) is 99.1 cm³/mol. The molecule has 0 aliphatic heterocycles. The van der Waals surface area contributed by atoms with Gasteiger partial charge in [-0.2, -0.15) is 5.26 Å². The fraction of sp³-hybridized carbons (Fsp3) is 0.167. The Morgan fingerprint density at radius 3 is 2.56 bits per heavy atom. The van der Waals surface area contributed by atoms with Crippen molar-refractivity contribution in [2.75, 3.05) is 0 Å². The van der Waals surface area contributed by atoms with Crippen LogP contribution in [-0.4, -0.2) is 23.9 Å². The topological polar surface area (TPSA) is 117 Å². The SMILES string of the molecule is CCn1c(C)nc2cc(C(=O)NNS(=O)(=O)c3ccc(C#N)cc3)ccc21. The summed E-state index contributed by atoms with van der Waals surface area (Å²) >= 11 is 0. The molecule has 2 aromatic carbocycles. The van der Waals surface area contributed by atoms with Gasteiger partial charge in [0.1, 0.15) is 5.82 Å². The zero-order valence-electron chi connectivity index (χ0n) is 14.7. The number of benzene rings is 2. The summed E-state index contributed by atoms with van der Waals surface area (Å²) < 4.78 is 26.5. The molecule has 0 aliphatic rings. The maximum absolute atomic E-state index is 12.3. The van der Waals surface area contributed by atoms with Crippen molar-refractivity contribution in [3.8, 4) is 6.07 Å². The van der Waals surface area contributed by atoms with Gasteiger partial charge in [0.15, 0.2) is 0 Å². The van der Waals surface area contributed by atoms with Gasteiger partial charge >= 0.3 is 0 Å². The van der Waals surface area contributed by atoms with Crippen molar-refractivity contribution in [1.29, 1.82) is 5.26 Å². The van der Waals surface area contributed by atoms with Gasteiger partial charge in [-0.05, 0) is 56.3 Å². The van der Waals surface area contributed by atoms with Crippen LogP contribution in [0.15, 0.2) is 47.4 Å². The molecule has 3 aromatic rings. The molecule has 1 heterocycles. The summed E-state index contributed by atoms with van der Waals surface area (Å²) in [5.41, 5.74) is 4.38. The lowest BCUT2D eigenvalue weighted by Gasteiger charge is -2.09. The molecule has 0 saturated heterocycles. The molecule has 27 heavy (non-hydrogen) atoms. The summed E-state index contributed by atoms with van der Waals surface area (Å²) in [5.74, 6) is 0.240. The van der Waals surface area contributed by atoms with Gasteiger partial charge in [0, 0.05) is 12.1 Å². The number of sulfonamides is 1. The van der Waals surface area contributed by atoms with Crippen LogP contribution in [-0.2, 0) is 16.6 Å². The highest BCUT2D eigenvalue weighted by atomic mass is 32.2. The standard InChI is InChI=1S/C18H17N5O3S/c1-3-23-12(2)20-16-10-14(6-9-17(16)23)18(24)21-22-27(25,26)15-7-4-13(11-19)5-8-15/h4-10,22H,3H2,1-2H3,(H,21,24). The normalized spacial score (nSPS) is 11.3. The average Bonchev–Trinajstić information content (AvgIpc) is 3.00. The van der Waals surface area contributed by atoms with Crippen molar-refractivity contribution >= 4 is 27.0 Å². The molecule has 0 radical (unpaired) electrons. The number of nitrogens with one attached hydrogen (secondary N) is 2. The largest absolute Gasteiger partial charge is 0.329 e. The van der Waals surface area contributed by atoms with Gasteiger partial charge in [0.2, 0.25) is 0 Å². The van der Waals surface area contributed by atoms with Gasteiger partial charge in [-0.25, -0.2) is 13.4 Å². The second kappa shape index (κ2) is 7.19. The minimum absolute atomic E-state index is 0.0606. The smallest absolute Gasteiger partial charge is 0.266 e. The molecule has 0 spiro atoms. The number of rotatable bonds is 5. The maximum Gasteiger partial charge on any atom is 0.266 e. The molecule has 0 bridgehead atoms. The third-order valence-electron chi connectivity index (χ3n) is 4.11. The first-order valence-corrected chi connectivity index (χ1v) is 9.63. The number of aryl methyl sites for hydroxylation is 2. The average molecular weight is 383 g/mol. The van der Waals surface area contributed by atoms with Crippen LogP contribution >= 0.6 is 0 Å². The quantitative estimate of drug-likeness (QED) is 0.652. The van der Waals surface area contributed by atoms with Crippen LogP contribution in [0.3, 0.4) is 0 Å². The molecule has 138 valence electrons. The number of carbonyl (C=O) groups excluding carboxylic acids is 1. The molecule has 0 fully saturated rings. The molecule has 1 amide bonds. The first kappa shape index (κ1) is 18.6. The van der Waals surface area contributed by atoms with Crippen molar-refractivity contribution in [3.05, 3.63) is 59.4 Å². The first-order valence-electron chi connectivity index (χ1n) is 8.15. The number of carbonyl (C=O) groups is 1. The summed E-state index contributed by atoms with van der Waals surface area (Å²) in [5, 5.41) is 8.76. The fourth-order valence-electron chi connectivity index (χ4n) is 2.74. The van der Waals surface area contributed by atoms with E-state index in [0.29, 0.717) is 11.1 Å². The Balaban J connectivity index is 1.77. The van der Waals surface area contributed by atoms with E-state index in [4.69, 9.17) is 5.26 Å². The molecular formula is C18H17N5O3S. The Hall–Kier alpha value is -3.22. The van der Waals surface area contributed by atoms with Gasteiger partial charge in [-0.3, -0.25) is 10.2 Å². The molecule has 2 N–H and O–H groups in total. The van der Waals surface area contributed by atoms with Crippen molar-refractivity contribution in [3.63, 3.8) is 0 Å². The second-order valence-electron chi connectivity index (χ2n) is 5.80. The van der Waals surface area contributed by atoms with Crippen molar-refractivity contribution in [2.45, 2.75) is 25.3 Å². The highest BCUT2D eigenvalue weighted by Gasteiger charge is 2.16. The Bertz CT molecular complexity index is 1160. The second-order valence-corrected chi connectivity index (χ2v) is 7.48. The zero-order chi connectivity index (χ0) is 19.6. The molecule has 0 aliphatic carbocycles. The molecule has 9 heteroatoms. The Kier molecular flexibility index (Phi) is 4.94. The van der Waals surface area contributed by atoms with Gasteiger partial charge in [-0.15, -0.1) is 4.83 Å². The van der Waals surface area contributed by atoms with E-state index >= 15 is 0 Å². The monoisotopic (exact) mass is 383 g/mol. The van der Waals surface area contributed by atoms with Gasteiger partial charge < -0.3 is 4.57 Å². The lowest BCUT2D eigenvalue weighted by atomic mass is 10.2. The number of hydrogen-bond donors (Lipinski definition) is 2.